The van der Waals surface area contributed by atoms with E-state index in [0.717, 1.165) is 36.0 Å². The summed E-state index contributed by atoms with van der Waals surface area (Å²) in [7, 11) is 0. The molecule has 1 saturated heterocycles. The van der Waals surface area contributed by atoms with Crippen LogP contribution in [-0.2, 0) is 19.1 Å². The predicted molar refractivity (Wildman–Crippen MR) is 108 cm³/mol. The van der Waals surface area contributed by atoms with Crippen molar-refractivity contribution < 1.29 is 19.1 Å². The Kier molecular flexibility index (Phi) is 4.90. The summed E-state index contributed by atoms with van der Waals surface area (Å²) in [6.45, 7) is 7.72. The van der Waals surface area contributed by atoms with Crippen molar-refractivity contribution in [2.45, 2.75) is 33.6 Å². The number of hydrogen-bond donors (Lipinski definition) is 1. The van der Waals surface area contributed by atoms with Gasteiger partial charge in [0, 0.05) is 36.4 Å². The van der Waals surface area contributed by atoms with Crippen molar-refractivity contribution >= 4 is 28.9 Å². The van der Waals surface area contributed by atoms with Gasteiger partial charge in [0.05, 0.1) is 6.61 Å². The Morgan fingerprint density at radius 3 is 3.03 bits per heavy atom. The number of allylic oxidation sites excluding steroid dienone is 1. The van der Waals surface area contributed by atoms with Gasteiger partial charge >= 0.3 is 5.97 Å². The van der Waals surface area contributed by atoms with Crippen LogP contribution in [0.1, 0.15) is 39.2 Å². The molecular weight excluding hydrogens is 370 g/mol. The lowest BCUT2D eigenvalue weighted by molar-refractivity contribution is -0.139. The van der Waals surface area contributed by atoms with Gasteiger partial charge in [-0.15, -0.1) is 0 Å². The molecule has 0 spiro atoms. The first-order valence-electron chi connectivity index (χ1n) is 9.92. The molecule has 7 heteroatoms. The quantitative estimate of drug-likeness (QED) is 0.485. The third-order valence-corrected chi connectivity index (χ3v) is 5.31. The highest BCUT2D eigenvalue weighted by atomic mass is 16.5. The van der Waals surface area contributed by atoms with Crippen LogP contribution in [-0.4, -0.2) is 46.3 Å². The summed E-state index contributed by atoms with van der Waals surface area (Å²) in [5, 5.41) is 0.877. The zero-order chi connectivity index (χ0) is 20.6. The third kappa shape index (κ3) is 3.64. The van der Waals surface area contributed by atoms with Crippen molar-refractivity contribution in [3.8, 4) is 0 Å². The summed E-state index contributed by atoms with van der Waals surface area (Å²) in [5.41, 5.74) is 1.56. The molecule has 0 bridgehead atoms. The Bertz CT molecular complexity index is 1030. The van der Waals surface area contributed by atoms with Gasteiger partial charge in [-0.05, 0) is 43.4 Å². The predicted octanol–water partition coefficient (Wildman–Crippen LogP) is 3.40. The molecule has 2 aromatic rings. The molecule has 152 valence electrons. The van der Waals surface area contributed by atoms with Gasteiger partial charge < -0.3 is 19.4 Å². The second kappa shape index (κ2) is 7.39. The van der Waals surface area contributed by atoms with E-state index in [-0.39, 0.29) is 23.4 Å². The van der Waals surface area contributed by atoms with Gasteiger partial charge in [0.15, 0.2) is 11.3 Å². The zero-order valence-electron chi connectivity index (χ0n) is 16.9. The van der Waals surface area contributed by atoms with Gasteiger partial charge in [-0.1, -0.05) is 13.8 Å². The summed E-state index contributed by atoms with van der Waals surface area (Å²) < 4.78 is 11.1. The fourth-order valence-electron chi connectivity index (χ4n) is 3.96. The van der Waals surface area contributed by atoms with E-state index in [1.807, 2.05) is 17.0 Å². The lowest BCUT2D eigenvalue weighted by Crippen LogP contribution is -2.40. The molecule has 7 nitrogen and oxygen atoms in total. The molecule has 0 amide bonds. The smallest absolute Gasteiger partial charge is 0.347 e. The number of rotatable bonds is 4. The van der Waals surface area contributed by atoms with Gasteiger partial charge in [0.1, 0.15) is 5.65 Å². The van der Waals surface area contributed by atoms with Gasteiger partial charge in [-0.25, -0.2) is 9.78 Å². The SMILES string of the molecule is CCOC(=O)C1=C(N2CCCC(C)(C)C2)OC(=Cc2c[nH]c3ncccc23)C1=O. The molecule has 1 N–H and O–H groups in total. The second-order valence-corrected chi connectivity index (χ2v) is 8.17. The molecule has 0 atom stereocenters. The van der Waals surface area contributed by atoms with E-state index in [1.54, 1.807) is 25.4 Å². The third-order valence-electron chi connectivity index (χ3n) is 5.31. The minimum absolute atomic E-state index is 0.0197. The number of aromatic nitrogens is 2. The van der Waals surface area contributed by atoms with Crippen LogP contribution in [0, 0.1) is 5.41 Å². The molecule has 0 unspecified atom stereocenters. The Hall–Kier alpha value is -3.09. The lowest BCUT2D eigenvalue weighted by atomic mass is 9.84. The van der Waals surface area contributed by atoms with E-state index in [1.165, 1.54) is 0 Å². The van der Waals surface area contributed by atoms with Crippen LogP contribution in [0.3, 0.4) is 0 Å². The molecule has 0 aromatic carbocycles. The molecule has 0 saturated carbocycles. The van der Waals surface area contributed by atoms with Crippen molar-refractivity contribution in [3.63, 3.8) is 0 Å². The van der Waals surface area contributed by atoms with Crippen molar-refractivity contribution in [1.29, 1.82) is 0 Å². The minimum atomic E-state index is -0.639. The topological polar surface area (TPSA) is 84.5 Å². The van der Waals surface area contributed by atoms with Gasteiger partial charge in [-0.3, -0.25) is 4.79 Å². The number of carbonyl (C=O) groups excluding carboxylic acids is 2. The maximum atomic E-state index is 13.1. The van der Waals surface area contributed by atoms with Crippen LogP contribution in [0.2, 0.25) is 0 Å². The van der Waals surface area contributed by atoms with E-state index in [0.29, 0.717) is 12.4 Å². The Morgan fingerprint density at radius 2 is 2.28 bits per heavy atom. The molecule has 0 aliphatic carbocycles. The van der Waals surface area contributed by atoms with Crippen LogP contribution in [0.25, 0.3) is 17.1 Å². The molecule has 4 rings (SSSR count). The second-order valence-electron chi connectivity index (χ2n) is 8.17. The summed E-state index contributed by atoms with van der Waals surface area (Å²) in [6.07, 6.45) is 7.18. The highest BCUT2D eigenvalue weighted by Gasteiger charge is 2.41. The van der Waals surface area contributed by atoms with Crippen LogP contribution in [0.15, 0.2) is 41.7 Å². The average molecular weight is 395 g/mol. The van der Waals surface area contributed by atoms with Crippen LogP contribution in [0.5, 0.6) is 0 Å². The zero-order valence-corrected chi connectivity index (χ0v) is 16.9. The molecule has 1 fully saturated rings. The summed E-state index contributed by atoms with van der Waals surface area (Å²) in [5.74, 6) is -0.651. The molecule has 0 radical (unpaired) electrons. The van der Waals surface area contributed by atoms with E-state index in [2.05, 4.69) is 23.8 Å². The number of piperidine rings is 1. The molecular formula is C22H25N3O4. The number of likely N-dealkylation sites (tertiary alicyclic amines) is 1. The number of ether oxygens (including phenoxy) is 2. The van der Waals surface area contributed by atoms with Crippen LogP contribution >= 0.6 is 0 Å². The molecule has 29 heavy (non-hydrogen) atoms. The van der Waals surface area contributed by atoms with Crippen molar-refractivity contribution in [2.75, 3.05) is 19.7 Å². The fourth-order valence-corrected chi connectivity index (χ4v) is 3.96. The minimum Gasteiger partial charge on any atom is -0.462 e. The first-order valence-corrected chi connectivity index (χ1v) is 9.92. The maximum Gasteiger partial charge on any atom is 0.347 e. The van der Waals surface area contributed by atoms with Crippen molar-refractivity contribution in [3.05, 3.63) is 47.3 Å². The number of Topliss-reactive ketones (excluding diaryl/α,β-unsaturated/α-hetero) is 1. The number of nitrogens with one attached hydrogen (secondary N) is 1. The average Bonchev–Trinajstić information content (AvgIpc) is 3.23. The number of esters is 1. The number of aromatic amines is 1. The summed E-state index contributed by atoms with van der Waals surface area (Å²) in [4.78, 5) is 35.0. The maximum absolute atomic E-state index is 13.1. The van der Waals surface area contributed by atoms with Gasteiger partial charge in [-0.2, -0.15) is 0 Å². The Balaban J connectivity index is 1.71. The summed E-state index contributed by atoms with van der Waals surface area (Å²) in [6, 6.07) is 3.75. The van der Waals surface area contributed by atoms with Crippen LogP contribution < -0.4 is 0 Å². The highest BCUT2D eigenvalue weighted by Crippen LogP contribution is 2.36. The van der Waals surface area contributed by atoms with Gasteiger partial charge in [0.25, 0.3) is 0 Å². The normalized spacial score (nSPS) is 20.4. The summed E-state index contributed by atoms with van der Waals surface area (Å²) >= 11 is 0. The standard InChI is InChI=1S/C22H25N3O4/c1-4-28-21(27)17-18(26)16(11-14-12-24-19-15(14)7-5-9-23-19)29-20(17)25-10-6-8-22(2,3)13-25/h5,7,9,11-12H,4,6,8,10,13H2,1-3H3,(H,23,24). The number of nitrogens with zero attached hydrogens (tertiary/aromatic N) is 2. The number of ketones is 1. The van der Waals surface area contributed by atoms with E-state index < -0.39 is 11.8 Å². The van der Waals surface area contributed by atoms with Crippen LogP contribution in [0.4, 0.5) is 0 Å². The Morgan fingerprint density at radius 1 is 1.45 bits per heavy atom. The number of hydrogen-bond acceptors (Lipinski definition) is 6. The monoisotopic (exact) mass is 395 g/mol. The van der Waals surface area contributed by atoms with Gasteiger partial charge in [0.2, 0.25) is 11.7 Å². The largest absolute Gasteiger partial charge is 0.462 e. The Labute approximate surface area is 169 Å². The van der Waals surface area contributed by atoms with E-state index in [9.17, 15) is 9.59 Å². The molecule has 2 aliphatic rings. The number of carbonyl (C=O) groups is 2. The highest BCUT2D eigenvalue weighted by molar-refractivity contribution is 6.26. The molecule has 2 aliphatic heterocycles. The molecule has 2 aromatic heterocycles. The molecule has 4 heterocycles. The van der Waals surface area contributed by atoms with E-state index >= 15 is 0 Å². The number of pyridine rings is 1. The lowest BCUT2D eigenvalue weighted by Gasteiger charge is -2.39. The fraction of sp³-hybridized carbons (Fsp3) is 0.409. The number of H-pyrrole nitrogens is 1. The van der Waals surface area contributed by atoms with Crippen molar-refractivity contribution in [1.82, 2.24) is 14.9 Å². The first kappa shape index (κ1) is 19.2. The number of fused-ring (bicyclic) bond motifs is 1. The first-order chi connectivity index (χ1) is 13.9. The van der Waals surface area contributed by atoms with Crippen molar-refractivity contribution in [2.24, 2.45) is 5.41 Å². The van der Waals surface area contributed by atoms with E-state index in [4.69, 9.17) is 9.47 Å².